The average molecular weight is 451 g/mol. The van der Waals surface area contributed by atoms with E-state index in [9.17, 15) is 5.11 Å². The van der Waals surface area contributed by atoms with Gasteiger partial charge in [0, 0.05) is 19.3 Å². The van der Waals surface area contributed by atoms with Gasteiger partial charge in [-0.15, -0.1) is 0 Å². The van der Waals surface area contributed by atoms with E-state index in [2.05, 4.69) is 31.3 Å². The largest absolute Gasteiger partial charge is 0.387 e. The van der Waals surface area contributed by atoms with E-state index in [1.54, 1.807) is 7.11 Å². The molecule has 0 heterocycles. The number of nitriles is 1. The molecule has 4 saturated carbocycles. The number of aryl methyl sites for hydroxylation is 1. The SMILES string of the molecule is COC[C@@]1(O)CC[C@H]2[C@H](CC[C@@H]3[C@@H]2CC[C@]2(C)[C@@H](CNc4ccc(C#N)cc4C)CC[C@@H]32)C1. The van der Waals surface area contributed by atoms with E-state index in [1.807, 2.05) is 12.1 Å². The number of rotatable bonds is 5. The summed E-state index contributed by atoms with van der Waals surface area (Å²) in [6.45, 7) is 6.25. The van der Waals surface area contributed by atoms with Gasteiger partial charge >= 0.3 is 0 Å². The fourth-order valence-electron chi connectivity index (χ4n) is 8.97. The van der Waals surface area contributed by atoms with Crippen LogP contribution in [0.3, 0.4) is 0 Å². The zero-order chi connectivity index (χ0) is 23.2. The Hall–Kier alpha value is -1.57. The van der Waals surface area contributed by atoms with Crippen molar-refractivity contribution in [3.8, 4) is 6.07 Å². The third-order valence-corrected chi connectivity index (χ3v) is 10.6. The van der Waals surface area contributed by atoms with Crippen molar-refractivity contribution in [3.63, 3.8) is 0 Å². The maximum atomic E-state index is 11.0. The van der Waals surface area contributed by atoms with E-state index in [0.717, 1.165) is 54.5 Å². The monoisotopic (exact) mass is 450 g/mol. The van der Waals surface area contributed by atoms with E-state index < -0.39 is 5.60 Å². The summed E-state index contributed by atoms with van der Waals surface area (Å²) in [5.74, 6) is 4.88. The molecule has 8 atom stereocenters. The summed E-state index contributed by atoms with van der Waals surface area (Å²) in [6.07, 6.45) is 11.2. The molecule has 0 bridgehead atoms. The fourth-order valence-corrected chi connectivity index (χ4v) is 8.97. The maximum Gasteiger partial charge on any atom is 0.0991 e. The Morgan fingerprint density at radius 1 is 1.09 bits per heavy atom. The van der Waals surface area contributed by atoms with Crippen LogP contribution in [0.1, 0.15) is 75.8 Å². The quantitative estimate of drug-likeness (QED) is 0.584. The Labute approximate surface area is 200 Å². The molecule has 4 aliphatic rings. The van der Waals surface area contributed by atoms with Crippen molar-refractivity contribution in [2.45, 2.75) is 77.2 Å². The lowest BCUT2D eigenvalue weighted by atomic mass is 9.49. The molecule has 4 fully saturated rings. The molecular formula is C29H42N2O2. The third kappa shape index (κ3) is 4.10. The molecule has 4 aliphatic carbocycles. The lowest BCUT2D eigenvalue weighted by Gasteiger charge is -2.57. The van der Waals surface area contributed by atoms with Gasteiger partial charge in [0.05, 0.1) is 23.8 Å². The molecule has 5 rings (SSSR count). The summed E-state index contributed by atoms with van der Waals surface area (Å²) in [5.41, 5.74) is 2.96. The van der Waals surface area contributed by atoms with Gasteiger partial charge in [-0.1, -0.05) is 6.92 Å². The zero-order valence-corrected chi connectivity index (χ0v) is 20.8. The van der Waals surface area contributed by atoms with Crippen LogP contribution in [0.2, 0.25) is 0 Å². The van der Waals surface area contributed by atoms with Crippen molar-refractivity contribution < 1.29 is 9.84 Å². The van der Waals surface area contributed by atoms with Gasteiger partial charge in [0.2, 0.25) is 0 Å². The minimum Gasteiger partial charge on any atom is -0.387 e. The molecule has 4 heteroatoms. The van der Waals surface area contributed by atoms with E-state index in [-0.39, 0.29) is 0 Å². The van der Waals surface area contributed by atoms with Crippen molar-refractivity contribution >= 4 is 5.69 Å². The standard InChI is InChI=1S/C29H42N2O2/c1-19-14-20(16-30)4-9-27(19)31-17-22-6-8-26-25-7-5-21-15-29(32,18-33-3)13-11-23(21)24(25)10-12-28(22,26)2/h4,9,14,21-26,31-32H,5-8,10-13,15,17-18H2,1-3H3/t21-,22-,23+,24-,25-,26+,28-,29-/m1/s1. The summed E-state index contributed by atoms with van der Waals surface area (Å²) in [7, 11) is 1.72. The first-order valence-electron chi connectivity index (χ1n) is 13.3. The maximum absolute atomic E-state index is 11.0. The van der Waals surface area contributed by atoms with Crippen LogP contribution < -0.4 is 5.32 Å². The van der Waals surface area contributed by atoms with Crippen molar-refractivity contribution in [3.05, 3.63) is 29.3 Å². The highest BCUT2D eigenvalue weighted by Gasteiger charge is 2.57. The molecule has 1 aromatic rings. The number of aliphatic hydroxyl groups is 1. The summed E-state index contributed by atoms with van der Waals surface area (Å²) in [4.78, 5) is 0. The molecule has 2 N–H and O–H groups in total. The lowest BCUT2D eigenvalue weighted by molar-refractivity contribution is -0.124. The Kier molecular flexibility index (Phi) is 6.25. The van der Waals surface area contributed by atoms with Crippen LogP contribution in [0, 0.1) is 59.2 Å². The van der Waals surface area contributed by atoms with Crippen molar-refractivity contribution in [1.29, 1.82) is 5.26 Å². The number of hydrogen-bond acceptors (Lipinski definition) is 4. The van der Waals surface area contributed by atoms with E-state index >= 15 is 0 Å². The summed E-state index contributed by atoms with van der Waals surface area (Å²) < 4.78 is 5.36. The summed E-state index contributed by atoms with van der Waals surface area (Å²) >= 11 is 0. The van der Waals surface area contributed by atoms with E-state index in [1.165, 1.54) is 56.2 Å². The Balaban J connectivity index is 1.25. The van der Waals surface area contributed by atoms with Crippen LogP contribution in [0.25, 0.3) is 0 Å². The smallest absolute Gasteiger partial charge is 0.0991 e. The van der Waals surface area contributed by atoms with Gasteiger partial charge in [-0.05, 0) is 129 Å². The molecule has 0 amide bonds. The minimum absolute atomic E-state index is 0.451. The second-order valence-corrected chi connectivity index (χ2v) is 12.2. The molecule has 0 saturated heterocycles. The molecule has 0 aliphatic heterocycles. The number of anilines is 1. The average Bonchev–Trinajstić information content (AvgIpc) is 3.14. The lowest BCUT2D eigenvalue weighted by Crippen LogP contribution is -2.52. The number of benzene rings is 1. The second-order valence-electron chi connectivity index (χ2n) is 12.2. The first kappa shape index (κ1) is 23.2. The highest BCUT2D eigenvalue weighted by molar-refractivity contribution is 5.54. The van der Waals surface area contributed by atoms with Gasteiger partial charge in [0.25, 0.3) is 0 Å². The molecule has 1 aromatic carbocycles. The summed E-state index contributed by atoms with van der Waals surface area (Å²) in [5, 5.41) is 23.9. The molecule has 180 valence electrons. The van der Waals surface area contributed by atoms with Gasteiger partial charge in [-0.3, -0.25) is 0 Å². The van der Waals surface area contributed by atoms with Crippen LogP contribution in [0.5, 0.6) is 0 Å². The minimum atomic E-state index is -0.584. The molecule has 0 radical (unpaired) electrons. The first-order valence-corrected chi connectivity index (χ1v) is 13.3. The molecule has 4 nitrogen and oxygen atoms in total. The normalized spacial score (nSPS) is 42.0. The topological polar surface area (TPSA) is 65.3 Å². The highest BCUT2D eigenvalue weighted by Crippen LogP contribution is 2.64. The van der Waals surface area contributed by atoms with Crippen LogP contribution in [-0.2, 0) is 4.74 Å². The highest BCUT2D eigenvalue weighted by atomic mass is 16.5. The molecule has 0 spiro atoms. The number of methoxy groups -OCH3 is 1. The van der Waals surface area contributed by atoms with Crippen LogP contribution in [-0.4, -0.2) is 31.0 Å². The molecule has 0 unspecified atom stereocenters. The molecule has 33 heavy (non-hydrogen) atoms. The number of ether oxygens (including phenoxy) is 1. The van der Waals surface area contributed by atoms with Crippen LogP contribution in [0.15, 0.2) is 18.2 Å². The Morgan fingerprint density at radius 2 is 1.91 bits per heavy atom. The zero-order valence-electron chi connectivity index (χ0n) is 20.8. The predicted molar refractivity (Wildman–Crippen MR) is 132 cm³/mol. The van der Waals surface area contributed by atoms with E-state index in [4.69, 9.17) is 10.00 Å². The summed E-state index contributed by atoms with van der Waals surface area (Å²) in [6, 6.07) is 8.24. The van der Waals surface area contributed by atoms with Crippen LogP contribution >= 0.6 is 0 Å². The predicted octanol–water partition coefficient (Wildman–Crippen LogP) is 5.92. The Morgan fingerprint density at radius 3 is 2.67 bits per heavy atom. The third-order valence-electron chi connectivity index (χ3n) is 10.6. The number of nitrogens with zero attached hydrogens (tertiary/aromatic N) is 1. The molecule has 0 aromatic heterocycles. The fraction of sp³-hybridized carbons (Fsp3) is 0.759. The van der Waals surface area contributed by atoms with Gasteiger partial charge < -0.3 is 15.2 Å². The van der Waals surface area contributed by atoms with Gasteiger partial charge in [0.1, 0.15) is 0 Å². The van der Waals surface area contributed by atoms with Crippen molar-refractivity contribution in [2.24, 2.45) is 40.9 Å². The Bertz CT molecular complexity index is 909. The van der Waals surface area contributed by atoms with E-state index in [0.29, 0.717) is 17.9 Å². The van der Waals surface area contributed by atoms with Gasteiger partial charge in [-0.25, -0.2) is 0 Å². The number of fused-ring (bicyclic) bond motifs is 5. The van der Waals surface area contributed by atoms with Crippen molar-refractivity contribution in [2.75, 3.05) is 25.6 Å². The second kappa shape index (κ2) is 8.90. The number of hydrogen-bond donors (Lipinski definition) is 2. The van der Waals surface area contributed by atoms with Gasteiger partial charge in [0.15, 0.2) is 0 Å². The van der Waals surface area contributed by atoms with Gasteiger partial charge in [-0.2, -0.15) is 5.26 Å². The van der Waals surface area contributed by atoms with Crippen LogP contribution in [0.4, 0.5) is 5.69 Å². The molecular weight excluding hydrogens is 408 g/mol. The first-order chi connectivity index (χ1) is 15.9. The number of nitrogens with one attached hydrogen (secondary N) is 1. The van der Waals surface area contributed by atoms with Crippen molar-refractivity contribution in [1.82, 2.24) is 0 Å².